The number of nitrogens with one attached hydrogen (secondary N) is 1. The zero-order valence-electron chi connectivity index (χ0n) is 16.1. The average molecular weight is 354 g/mol. The number of aromatic amines is 1. The molecular formula is C22H30N2O2. The summed E-state index contributed by atoms with van der Waals surface area (Å²) in [5.74, 6) is 0.726. The standard InChI is InChI=1S/C22H30N2O2/c1-3-4-5-6-7-8-9-10-19(26)24-14-16-12-22(16)18(24)11-17(25)21-20(22)15(2)13-23-21/h11,13,16,23H,3-10,12,14H2,1-2H3. The van der Waals surface area contributed by atoms with Crippen LogP contribution in [0.15, 0.2) is 18.0 Å². The highest BCUT2D eigenvalue weighted by Crippen LogP contribution is 2.67. The molecule has 2 unspecified atom stereocenters. The molecule has 0 bridgehead atoms. The number of unbranched alkanes of at least 4 members (excludes halogenated alkanes) is 6. The molecule has 3 aliphatic rings. The first kappa shape index (κ1) is 17.6. The fourth-order valence-corrected chi connectivity index (χ4v) is 5.16. The Labute approximate surface area is 156 Å². The van der Waals surface area contributed by atoms with Gasteiger partial charge in [-0.1, -0.05) is 45.4 Å². The van der Waals surface area contributed by atoms with E-state index < -0.39 is 0 Å². The van der Waals surface area contributed by atoms with Crippen LogP contribution in [0.2, 0.25) is 0 Å². The lowest BCUT2D eigenvalue weighted by Gasteiger charge is -2.28. The molecule has 1 saturated carbocycles. The normalized spacial score (nSPS) is 25.6. The van der Waals surface area contributed by atoms with Crippen molar-refractivity contribution in [2.24, 2.45) is 5.92 Å². The van der Waals surface area contributed by atoms with Gasteiger partial charge in [0.25, 0.3) is 0 Å². The molecular weight excluding hydrogens is 324 g/mol. The van der Waals surface area contributed by atoms with Crippen LogP contribution in [0.4, 0.5) is 0 Å². The second-order valence-corrected chi connectivity index (χ2v) is 8.36. The highest BCUT2D eigenvalue weighted by molar-refractivity contribution is 6.08. The average Bonchev–Trinajstić information content (AvgIpc) is 3.02. The number of likely N-dealkylation sites (tertiary alicyclic amines) is 1. The van der Waals surface area contributed by atoms with E-state index in [1.54, 1.807) is 6.08 Å². The number of rotatable bonds is 8. The summed E-state index contributed by atoms with van der Waals surface area (Å²) < 4.78 is 0. The van der Waals surface area contributed by atoms with Crippen molar-refractivity contribution < 1.29 is 9.59 Å². The van der Waals surface area contributed by atoms with Crippen LogP contribution in [-0.2, 0) is 10.2 Å². The molecule has 1 aromatic heterocycles. The van der Waals surface area contributed by atoms with E-state index in [1.165, 1.54) is 32.1 Å². The van der Waals surface area contributed by atoms with Crippen LogP contribution >= 0.6 is 0 Å². The first-order chi connectivity index (χ1) is 12.6. The largest absolute Gasteiger partial charge is 0.358 e. The van der Waals surface area contributed by atoms with E-state index >= 15 is 0 Å². The number of carbonyl (C=O) groups is 2. The van der Waals surface area contributed by atoms with Crippen molar-refractivity contribution in [3.63, 3.8) is 0 Å². The second kappa shape index (κ2) is 6.71. The van der Waals surface area contributed by atoms with Crippen molar-refractivity contribution in [3.05, 3.63) is 34.8 Å². The lowest BCUT2D eigenvalue weighted by molar-refractivity contribution is -0.129. The summed E-state index contributed by atoms with van der Waals surface area (Å²) in [5.41, 5.74) is 3.99. The number of carbonyl (C=O) groups excluding carboxylic acids is 2. The maximum atomic E-state index is 12.8. The van der Waals surface area contributed by atoms with E-state index in [4.69, 9.17) is 0 Å². The monoisotopic (exact) mass is 354 g/mol. The zero-order chi connectivity index (χ0) is 18.3. The molecule has 0 radical (unpaired) electrons. The van der Waals surface area contributed by atoms with E-state index in [9.17, 15) is 9.59 Å². The summed E-state index contributed by atoms with van der Waals surface area (Å²) in [6.07, 6.45) is 13.9. The van der Waals surface area contributed by atoms with Crippen molar-refractivity contribution in [1.29, 1.82) is 0 Å². The zero-order valence-corrected chi connectivity index (χ0v) is 16.1. The van der Waals surface area contributed by atoms with Crippen molar-refractivity contribution >= 4 is 11.7 Å². The Morgan fingerprint density at radius 3 is 2.73 bits per heavy atom. The van der Waals surface area contributed by atoms with Gasteiger partial charge >= 0.3 is 0 Å². The van der Waals surface area contributed by atoms with E-state index in [0.717, 1.165) is 48.3 Å². The topological polar surface area (TPSA) is 53.2 Å². The third-order valence-electron chi connectivity index (χ3n) is 6.59. The highest BCUT2D eigenvalue weighted by Gasteiger charge is 2.67. The van der Waals surface area contributed by atoms with Crippen LogP contribution in [0.1, 0.15) is 86.3 Å². The summed E-state index contributed by atoms with van der Waals surface area (Å²) in [4.78, 5) is 30.4. The van der Waals surface area contributed by atoms with Gasteiger partial charge in [-0.15, -0.1) is 0 Å². The number of nitrogens with zero attached hydrogens (tertiary/aromatic N) is 1. The fraction of sp³-hybridized carbons (Fsp3) is 0.636. The molecule has 140 valence electrons. The summed E-state index contributed by atoms with van der Waals surface area (Å²) in [6.45, 7) is 5.09. The molecule has 4 rings (SSSR count). The van der Waals surface area contributed by atoms with Gasteiger partial charge < -0.3 is 9.88 Å². The first-order valence-corrected chi connectivity index (χ1v) is 10.3. The molecule has 1 spiro atoms. The molecule has 2 fully saturated rings. The molecule has 4 nitrogen and oxygen atoms in total. The van der Waals surface area contributed by atoms with E-state index in [2.05, 4.69) is 18.8 Å². The van der Waals surface area contributed by atoms with Gasteiger partial charge in [-0.25, -0.2) is 0 Å². The molecule has 1 N–H and O–H groups in total. The van der Waals surface area contributed by atoms with Crippen molar-refractivity contribution in [1.82, 2.24) is 9.88 Å². The van der Waals surface area contributed by atoms with Crippen LogP contribution < -0.4 is 0 Å². The lowest BCUT2D eigenvalue weighted by Crippen LogP contribution is -2.33. The second-order valence-electron chi connectivity index (χ2n) is 8.36. The number of hydrogen-bond donors (Lipinski definition) is 1. The van der Waals surface area contributed by atoms with Gasteiger partial charge in [0.05, 0.1) is 5.69 Å². The van der Waals surface area contributed by atoms with E-state index in [0.29, 0.717) is 12.3 Å². The SMILES string of the molecule is CCCCCCCCCC(=O)N1CC2CC23C1=CC(=O)c1[nH]cc(C)c13. The van der Waals surface area contributed by atoms with Crippen molar-refractivity contribution in [3.8, 4) is 0 Å². The Morgan fingerprint density at radius 1 is 1.23 bits per heavy atom. The molecule has 1 aliphatic heterocycles. The number of allylic oxidation sites excluding steroid dienone is 2. The molecule has 1 saturated heterocycles. The Bertz CT molecular complexity index is 760. The molecule has 1 aromatic rings. The van der Waals surface area contributed by atoms with Gasteiger partial charge in [0.1, 0.15) is 0 Å². The van der Waals surface area contributed by atoms with Crippen molar-refractivity contribution in [2.45, 2.75) is 77.0 Å². The van der Waals surface area contributed by atoms with Gasteiger partial charge in [0, 0.05) is 36.4 Å². The number of H-pyrrole nitrogens is 1. The predicted molar refractivity (Wildman–Crippen MR) is 102 cm³/mol. The number of piperidine rings is 1. The number of amides is 1. The van der Waals surface area contributed by atoms with Gasteiger partial charge in [-0.3, -0.25) is 9.59 Å². The molecule has 2 atom stereocenters. The van der Waals surface area contributed by atoms with Crippen LogP contribution in [0, 0.1) is 12.8 Å². The molecule has 0 aromatic carbocycles. The number of ketones is 1. The van der Waals surface area contributed by atoms with Gasteiger partial charge in [-0.2, -0.15) is 0 Å². The fourth-order valence-electron chi connectivity index (χ4n) is 5.16. The first-order valence-electron chi connectivity index (χ1n) is 10.3. The molecule has 2 heterocycles. The van der Waals surface area contributed by atoms with E-state index in [-0.39, 0.29) is 17.1 Å². The number of fused-ring (bicyclic) bond motifs is 1. The number of aromatic nitrogens is 1. The maximum Gasteiger partial charge on any atom is 0.226 e. The number of hydrogen-bond acceptors (Lipinski definition) is 2. The van der Waals surface area contributed by atoms with Crippen LogP contribution in [0.5, 0.6) is 0 Å². The minimum Gasteiger partial charge on any atom is -0.358 e. The Morgan fingerprint density at radius 2 is 1.96 bits per heavy atom. The molecule has 2 aliphatic carbocycles. The van der Waals surface area contributed by atoms with E-state index in [1.807, 2.05) is 11.1 Å². The quantitative estimate of drug-likeness (QED) is 0.691. The molecule has 26 heavy (non-hydrogen) atoms. The minimum absolute atomic E-state index is 0.0231. The summed E-state index contributed by atoms with van der Waals surface area (Å²) in [5, 5.41) is 0. The smallest absolute Gasteiger partial charge is 0.226 e. The summed E-state index contributed by atoms with van der Waals surface area (Å²) in [6, 6.07) is 0. The van der Waals surface area contributed by atoms with Crippen molar-refractivity contribution in [2.75, 3.05) is 6.54 Å². The Kier molecular flexibility index (Phi) is 4.54. The van der Waals surface area contributed by atoms with Crippen LogP contribution in [-0.4, -0.2) is 28.1 Å². The highest BCUT2D eigenvalue weighted by atomic mass is 16.2. The van der Waals surface area contributed by atoms with Crippen LogP contribution in [0.25, 0.3) is 0 Å². The molecule has 1 amide bonds. The summed E-state index contributed by atoms with van der Waals surface area (Å²) >= 11 is 0. The third kappa shape index (κ3) is 2.65. The predicted octanol–water partition coefficient (Wildman–Crippen LogP) is 4.64. The third-order valence-corrected chi connectivity index (χ3v) is 6.59. The van der Waals surface area contributed by atoms with Gasteiger partial charge in [-0.05, 0) is 36.8 Å². The lowest BCUT2D eigenvalue weighted by atomic mass is 9.83. The van der Waals surface area contributed by atoms with Gasteiger partial charge in [0.15, 0.2) is 0 Å². The molecule has 4 heteroatoms. The van der Waals surface area contributed by atoms with Crippen LogP contribution in [0.3, 0.4) is 0 Å². The Balaban J connectivity index is 1.38. The number of aryl methyl sites for hydroxylation is 1. The summed E-state index contributed by atoms with van der Waals surface area (Å²) in [7, 11) is 0. The maximum absolute atomic E-state index is 12.8. The Hall–Kier alpha value is -1.84. The van der Waals surface area contributed by atoms with Gasteiger partial charge in [0.2, 0.25) is 11.7 Å². The minimum atomic E-state index is -0.0524.